The van der Waals surface area contributed by atoms with Gasteiger partial charge < -0.3 is 0 Å². The molecule has 60 valence electrons. The summed E-state index contributed by atoms with van der Waals surface area (Å²) >= 11 is 0.617. The lowest BCUT2D eigenvalue weighted by atomic mass is 10.5. The molecule has 0 N–H and O–H groups in total. The molecule has 0 atom stereocenters. The van der Waals surface area contributed by atoms with E-state index in [1.807, 2.05) is 0 Å². The van der Waals surface area contributed by atoms with Gasteiger partial charge in [0, 0.05) is 0 Å². The fraction of sp³-hybridized carbons (Fsp3) is 0. The molecule has 0 radical (unpaired) electrons. The van der Waals surface area contributed by atoms with Crippen LogP contribution in [0.15, 0.2) is 22.0 Å². The van der Waals surface area contributed by atoms with Crippen molar-refractivity contribution in [3.8, 4) is 0 Å². The second-order valence-corrected chi connectivity index (χ2v) is 3.47. The molecule has 0 amide bonds. The van der Waals surface area contributed by atoms with E-state index in [0.29, 0.717) is 23.1 Å². The fourth-order valence-corrected chi connectivity index (χ4v) is 1.64. The molecule has 0 unspecified atom stereocenters. The Hall–Kier alpha value is -0.360. The van der Waals surface area contributed by atoms with Crippen molar-refractivity contribution >= 4 is 27.8 Å². The quantitative estimate of drug-likeness (QED) is 0.330. The average molecular weight is 201 g/mol. The Morgan fingerprint density at radius 1 is 1.09 bits per heavy atom. The molecule has 1 rings (SSSR count). The Balaban J connectivity index is 3.15. The van der Waals surface area contributed by atoms with Crippen LogP contribution in [-0.4, -0.2) is 4.70 Å². The van der Waals surface area contributed by atoms with Gasteiger partial charge in [0.05, 0.1) is 0 Å². The van der Waals surface area contributed by atoms with Gasteiger partial charge in [-0.25, -0.2) is 0 Å². The number of allylic oxidation sites excluding steroid dienone is 2. The monoisotopic (exact) mass is 201 g/mol. The number of rotatable bonds is 0. The Morgan fingerprint density at radius 3 is 2.36 bits per heavy atom. The van der Waals surface area contributed by atoms with Crippen LogP contribution in [0.2, 0.25) is 0 Å². The molecule has 0 saturated heterocycles. The summed E-state index contributed by atoms with van der Waals surface area (Å²) < 4.78 is 50.0. The van der Waals surface area contributed by atoms with Crippen molar-refractivity contribution in [1.29, 1.82) is 0 Å². The highest BCUT2D eigenvalue weighted by Gasteiger charge is 2.27. The minimum atomic E-state index is -1.77. The summed E-state index contributed by atoms with van der Waals surface area (Å²) in [5, 5.41) is -2.72. The zero-order valence-corrected chi connectivity index (χ0v) is 6.54. The third-order valence-corrected chi connectivity index (χ3v) is 2.38. The van der Waals surface area contributed by atoms with Crippen molar-refractivity contribution in [2.24, 2.45) is 0 Å². The molecular weight excluding hydrogens is 200 g/mol. The normalized spacial score (nSPS) is 19.3. The van der Waals surface area contributed by atoms with Gasteiger partial charge in [0.15, 0.2) is 0 Å². The summed E-state index contributed by atoms with van der Waals surface area (Å²) in [5.74, 6) is -3.54. The third kappa shape index (κ3) is 1.81. The van der Waals surface area contributed by atoms with E-state index in [-0.39, 0.29) is 0 Å². The maximum absolute atomic E-state index is 12.3. The van der Waals surface area contributed by atoms with Crippen LogP contribution >= 0.6 is 11.8 Å². The fourth-order valence-electron chi connectivity index (χ4n) is 0.385. The van der Waals surface area contributed by atoms with Crippen molar-refractivity contribution in [3.05, 3.63) is 22.0 Å². The minimum absolute atomic E-state index is 0.309. The second-order valence-electron chi connectivity index (χ2n) is 1.51. The Labute approximate surface area is 67.9 Å². The Kier molecular flexibility index (Phi) is 2.67. The average Bonchev–Trinajstić information content (AvgIpc) is 2.07. The molecule has 1 aliphatic heterocycles. The number of halogens is 4. The number of thioether (sulfide) groups is 1. The molecule has 6 heteroatoms. The van der Waals surface area contributed by atoms with Crippen LogP contribution in [0.5, 0.6) is 0 Å². The zero-order chi connectivity index (χ0) is 8.43. The summed E-state index contributed by atoms with van der Waals surface area (Å²) in [5.41, 5.74) is 0. The van der Waals surface area contributed by atoms with Crippen LogP contribution < -0.4 is 0 Å². The van der Waals surface area contributed by atoms with E-state index < -0.39 is 22.0 Å². The Morgan fingerprint density at radius 2 is 1.73 bits per heavy atom. The highest BCUT2D eigenvalue weighted by Crippen LogP contribution is 2.30. The third-order valence-electron chi connectivity index (χ3n) is 0.841. The first kappa shape index (κ1) is 8.73. The van der Waals surface area contributed by atoms with Crippen molar-refractivity contribution in [2.75, 3.05) is 0 Å². The van der Waals surface area contributed by atoms with Gasteiger partial charge in [-0.3, -0.25) is 0 Å². The minimum Gasteiger partial charge on any atom is -0.200 e. The van der Waals surface area contributed by atoms with E-state index in [1.54, 1.807) is 0 Å². The lowest BCUT2D eigenvalue weighted by Gasteiger charge is -1.87. The lowest BCUT2D eigenvalue weighted by Crippen LogP contribution is -1.79. The highest BCUT2D eigenvalue weighted by molar-refractivity contribution is 8.23. The van der Waals surface area contributed by atoms with Gasteiger partial charge in [0.2, 0.25) is 15.7 Å². The summed E-state index contributed by atoms with van der Waals surface area (Å²) in [4.78, 5) is 0. The SMILES string of the molecule is FC1=C(F)C(F)=C(F)[S+]=CS1. The van der Waals surface area contributed by atoms with E-state index in [4.69, 9.17) is 0 Å². The van der Waals surface area contributed by atoms with Crippen LogP contribution in [0.4, 0.5) is 17.6 Å². The molecule has 0 nitrogen and oxygen atoms in total. The van der Waals surface area contributed by atoms with Gasteiger partial charge >= 0.3 is 5.16 Å². The van der Waals surface area contributed by atoms with Gasteiger partial charge in [0.1, 0.15) is 0 Å². The topological polar surface area (TPSA) is 0 Å². The summed E-state index contributed by atoms with van der Waals surface area (Å²) in [6.07, 6.45) is 0. The standard InChI is InChI=1S/C5HF4S2/c6-2-3(7)5(9)11-1-10-4(2)8/h1H/q+1. The Bertz CT molecular complexity index is 266. The van der Waals surface area contributed by atoms with Crippen molar-refractivity contribution < 1.29 is 17.6 Å². The number of hydrogen-bond donors (Lipinski definition) is 0. The van der Waals surface area contributed by atoms with E-state index in [9.17, 15) is 17.6 Å². The first-order chi connectivity index (χ1) is 5.13. The first-order valence-corrected chi connectivity index (χ1v) is 4.14. The smallest absolute Gasteiger partial charge is 0.200 e. The van der Waals surface area contributed by atoms with Crippen molar-refractivity contribution in [3.63, 3.8) is 0 Å². The first-order valence-electron chi connectivity index (χ1n) is 2.39. The van der Waals surface area contributed by atoms with E-state index in [0.717, 1.165) is 4.70 Å². The molecule has 0 bridgehead atoms. The van der Waals surface area contributed by atoms with Crippen molar-refractivity contribution in [2.45, 2.75) is 0 Å². The van der Waals surface area contributed by atoms with Crippen LogP contribution in [0.25, 0.3) is 0 Å². The highest BCUT2D eigenvalue weighted by atomic mass is 32.2. The molecule has 0 spiro atoms. The summed E-state index contributed by atoms with van der Waals surface area (Å²) in [6, 6.07) is 0. The maximum atomic E-state index is 12.3. The second kappa shape index (κ2) is 3.36. The molecule has 0 aromatic rings. The van der Waals surface area contributed by atoms with Gasteiger partial charge in [-0.2, -0.15) is 13.2 Å². The predicted octanol–water partition coefficient (Wildman–Crippen LogP) is 2.79. The van der Waals surface area contributed by atoms with Gasteiger partial charge in [-0.05, 0) is 11.8 Å². The van der Waals surface area contributed by atoms with Gasteiger partial charge in [-0.15, -0.1) is 4.39 Å². The van der Waals surface area contributed by atoms with Crippen molar-refractivity contribution in [1.82, 2.24) is 0 Å². The lowest BCUT2D eigenvalue weighted by molar-refractivity contribution is 0.492. The predicted molar refractivity (Wildman–Crippen MR) is 39.5 cm³/mol. The van der Waals surface area contributed by atoms with Crippen LogP contribution in [-0.2, 0) is 11.4 Å². The molecule has 1 heterocycles. The molecule has 1 aliphatic rings. The van der Waals surface area contributed by atoms with E-state index in [2.05, 4.69) is 0 Å². The molecule has 0 fully saturated rings. The molecule has 0 aromatic heterocycles. The summed E-state index contributed by atoms with van der Waals surface area (Å²) in [6.45, 7) is 0. The van der Waals surface area contributed by atoms with Crippen LogP contribution in [0, 0.1) is 0 Å². The van der Waals surface area contributed by atoms with Crippen LogP contribution in [0.1, 0.15) is 0 Å². The molecule has 0 aliphatic carbocycles. The molecule has 11 heavy (non-hydrogen) atoms. The van der Waals surface area contributed by atoms with Crippen LogP contribution in [0.3, 0.4) is 0 Å². The van der Waals surface area contributed by atoms with E-state index >= 15 is 0 Å². The van der Waals surface area contributed by atoms with Gasteiger partial charge in [-0.1, -0.05) is 0 Å². The van der Waals surface area contributed by atoms with Gasteiger partial charge in [0.25, 0.3) is 17.2 Å². The molecular formula is C5HF4S2+. The molecule has 0 aromatic carbocycles. The largest absolute Gasteiger partial charge is 0.417 e. The molecule has 0 saturated carbocycles. The zero-order valence-electron chi connectivity index (χ0n) is 4.91. The number of hydrogen-bond acceptors (Lipinski definition) is 1. The van der Waals surface area contributed by atoms with E-state index in [1.165, 1.54) is 0 Å². The summed E-state index contributed by atoms with van der Waals surface area (Å²) in [7, 11) is 0. The maximum Gasteiger partial charge on any atom is 0.417 e.